The van der Waals surface area contributed by atoms with Crippen molar-refractivity contribution in [2.24, 2.45) is 0 Å². The Hall–Kier alpha value is -0.580. The minimum absolute atomic E-state index is 0.226. The Morgan fingerprint density at radius 2 is 1.88 bits per heavy atom. The van der Waals surface area contributed by atoms with Gasteiger partial charge >= 0.3 is 0 Å². The molecule has 0 amide bonds. The van der Waals surface area contributed by atoms with E-state index in [1.165, 1.54) is 0 Å². The Kier molecular flexibility index (Phi) is 5.95. The van der Waals surface area contributed by atoms with Crippen molar-refractivity contribution in [2.75, 3.05) is 18.1 Å². The lowest BCUT2D eigenvalue weighted by atomic mass is 10.2. The molecule has 0 aliphatic heterocycles. The normalized spacial score (nSPS) is 11.6. The fourth-order valence-electron chi connectivity index (χ4n) is 1.40. The third kappa shape index (κ3) is 6.05. The number of sulfone groups is 1. The molecule has 0 unspecified atom stereocenters. The molecule has 0 radical (unpaired) electrons. The Morgan fingerprint density at radius 1 is 1.24 bits per heavy atom. The highest BCUT2D eigenvalue weighted by molar-refractivity contribution is 7.91. The van der Waals surface area contributed by atoms with E-state index in [1.54, 1.807) is 6.92 Å². The third-order valence-electron chi connectivity index (χ3n) is 2.49. The second kappa shape index (κ2) is 6.99. The predicted molar refractivity (Wildman–Crippen MR) is 72.1 cm³/mol. The van der Waals surface area contributed by atoms with Crippen LogP contribution in [-0.4, -0.2) is 26.5 Å². The number of rotatable bonds is 7. The first-order chi connectivity index (χ1) is 8.03. The van der Waals surface area contributed by atoms with Crippen molar-refractivity contribution in [2.45, 2.75) is 19.9 Å². The van der Waals surface area contributed by atoms with Crippen LogP contribution in [0.4, 0.5) is 0 Å². The van der Waals surface area contributed by atoms with Crippen molar-refractivity contribution in [1.29, 1.82) is 0 Å². The molecule has 0 bridgehead atoms. The van der Waals surface area contributed by atoms with Gasteiger partial charge in [-0.15, -0.1) is 0 Å². The van der Waals surface area contributed by atoms with Crippen LogP contribution >= 0.6 is 11.6 Å². The minimum Gasteiger partial charge on any atom is -0.313 e. The zero-order valence-corrected chi connectivity index (χ0v) is 11.5. The number of halogens is 1. The smallest absolute Gasteiger partial charge is 0.150 e. The van der Waals surface area contributed by atoms with Gasteiger partial charge < -0.3 is 5.32 Å². The van der Waals surface area contributed by atoms with E-state index >= 15 is 0 Å². The molecule has 0 saturated carbocycles. The highest BCUT2D eigenvalue weighted by Crippen LogP contribution is 2.09. The number of hydrogen-bond donors (Lipinski definition) is 1. The molecule has 3 nitrogen and oxygen atoms in total. The summed E-state index contributed by atoms with van der Waals surface area (Å²) in [5, 5.41) is 3.94. The van der Waals surface area contributed by atoms with Crippen LogP contribution in [0.2, 0.25) is 5.02 Å². The molecule has 96 valence electrons. The number of hydrogen-bond acceptors (Lipinski definition) is 3. The Morgan fingerprint density at radius 3 is 2.47 bits per heavy atom. The maximum absolute atomic E-state index is 11.2. The van der Waals surface area contributed by atoms with Gasteiger partial charge in [0, 0.05) is 17.3 Å². The summed E-state index contributed by atoms with van der Waals surface area (Å²) in [6.07, 6.45) is 0.657. The fraction of sp³-hybridized carbons (Fsp3) is 0.500. The SMILES string of the molecule is CCS(=O)(=O)CCCNCc1ccc(Cl)cc1. The maximum Gasteiger partial charge on any atom is 0.150 e. The summed E-state index contributed by atoms with van der Waals surface area (Å²) in [7, 11) is -2.83. The van der Waals surface area contributed by atoms with E-state index < -0.39 is 9.84 Å². The lowest BCUT2D eigenvalue weighted by molar-refractivity contribution is 0.590. The topological polar surface area (TPSA) is 46.2 Å². The van der Waals surface area contributed by atoms with Crippen molar-refractivity contribution in [1.82, 2.24) is 5.32 Å². The summed E-state index contributed by atoms with van der Waals surface area (Å²) in [4.78, 5) is 0. The molecule has 0 aliphatic carbocycles. The van der Waals surface area contributed by atoms with Crippen molar-refractivity contribution in [3.05, 3.63) is 34.9 Å². The van der Waals surface area contributed by atoms with Crippen molar-refractivity contribution >= 4 is 21.4 Å². The molecule has 0 atom stereocenters. The van der Waals surface area contributed by atoms with E-state index in [0.29, 0.717) is 13.0 Å². The zero-order valence-electron chi connectivity index (χ0n) is 9.95. The molecule has 17 heavy (non-hydrogen) atoms. The van der Waals surface area contributed by atoms with E-state index in [0.717, 1.165) is 17.1 Å². The van der Waals surface area contributed by atoms with E-state index in [-0.39, 0.29) is 11.5 Å². The maximum atomic E-state index is 11.2. The molecule has 1 aromatic carbocycles. The van der Waals surface area contributed by atoms with Crippen LogP contribution < -0.4 is 5.32 Å². The quantitative estimate of drug-likeness (QED) is 0.777. The highest BCUT2D eigenvalue weighted by Gasteiger charge is 2.05. The second-order valence-corrected chi connectivity index (χ2v) is 6.80. The first-order valence-electron chi connectivity index (χ1n) is 5.69. The molecule has 0 heterocycles. The largest absolute Gasteiger partial charge is 0.313 e. The molecule has 1 rings (SSSR count). The van der Waals surface area contributed by atoms with Crippen LogP contribution in [0.15, 0.2) is 24.3 Å². The van der Waals surface area contributed by atoms with Gasteiger partial charge in [0.1, 0.15) is 9.84 Å². The minimum atomic E-state index is -2.83. The molecule has 5 heteroatoms. The van der Waals surface area contributed by atoms with Gasteiger partial charge in [-0.2, -0.15) is 0 Å². The van der Waals surface area contributed by atoms with Crippen LogP contribution in [0.1, 0.15) is 18.9 Å². The molecule has 0 aliphatic rings. The molecule has 0 spiro atoms. The monoisotopic (exact) mass is 275 g/mol. The summed E-state index contributed by atoms with van der Waals surface area (Å²) in [6.45, 7) is 3.13. The van der Waals surface area contributed by atoms with E-state index in [9.17, 15) is 8.42 Å². The lowest BCUT2D eigenvalue weighted by Crippen LogP contribution is -2.18. The van der Waals surface area contributed by atoms with Crippen LogP contribution in [-0.2, 0) is 16.4 Å². The van der Waals surface area contributed by atoms with Gasteiger partial charge in [0.15, 0.2) is 0 Å². The predicted octanol–water partition coefficient (Wildman–Crippen LogP) is 2.25. The van der Waals surface area contributed by atoms with Crippen LogP contribution in [0, 0.1) is 0 Å². The molecule has 1 aromatic rings. The average Bonchev–Trinajstić information content (AvgIpc) is 2.31. The molecular weight excluding hydrogens is 258 g/mol. The molecule has 0 fully saturated rings. The summed E-state index contributed by atoms with van der Waals surface area (Å²) in [5.41, 5.74) is 1.15. The van der Waals surface area contributed by atoms with Gasteiger partial charge in [0.25, 0.3) is 0 Å². The fourth-order valence-corrected chi connectivity index (χ4v) is 2.40. The first-order valence-corrected chi connectivity index (χ1v) is 7.89. The number of nitrogens with one attached hydrogen (secondary N) is 1. The molecular formula is C12H18ClNO2S. The molecule has 0 saturated heterocycles. The second-order valence-electron chi connectivity index (χ2n) is 3.89. The lowest BCUT2D eigenvalue weighted by Gasteiger charge is -2.05. The zero-order chi connectivity index (χ0) is 12.7. The van der Waals surface area contributed by atoms with Crippen LogP contribution in [0.3, 0.4) is 0 Å². The highest BCUT2D eigenvalue weighted by atomic mass is 35.5. The summed E-state index contributed by atoms with van der Waals surface area (Å²) < 4.78 is 22.5. The summed E-state index contributed by atoms with van der Waals surface area (Å²) in [6, 6.07) is 7.61. The molecule has 1 N–H and O–H groups in total. The van der Waals surface area contributed by atoms with Gasteiger partial charge in [0.05, 0.1) is 5.75 Å². The van der Waals surface area contributed by atoms with Gasteiger partial charge in [-0.1, -0.05) is 30.7 Å². The van der Waals surface area contributed by atoms with E-state index in [1.807, 2.05) is 24.3 Å². The van der Waals surface area contributed by atoms with Crippen LogP contribution in [0.5, 0.6) is 0 Å². The first kappa shape index (κ1) is 14.5. The van der Waals surface area contributed by atoms with Crippen molar-refractivity contribution in [3.8, 4) is 0 Å². The Balaban J connectivity index is 2.19. The van der Waals surface area contributed by atoms with Crippen molar-refractivity contribution < 1.29 is 8.42 Å². The Bertz CT molecular complexity index is 428. The Labute approximate surface area is 108 Å². The summed E-state index contributed by atoms with van der Waals surface area (Å²) in [5.74, 6) is 0.487. The van der Waals surface area contributed by atoms with Gasteiger partial charge in [-0.05, 0) is 30.7 Å². The van der Waals surface area contributed by atoms with Crippen LogP contribution in [0.25, 0.3) is 0 Å². The van der Waals surface area contributed by atoms with E-state index in [2.05, 4.69) is 5.32 Å². The molecule has 0 aromatic heterocycles. The van der Waals surface area contributed by atoms with Gasteiger partial charge in [-0.3, -0.25) is 0 Å². The number of benzene rings is 1. The van der Waals surface area contributed by atoms with E-state index in [4.69, 9.17) is 11.6 Å². The van der Waals surface area contributed by atoms with Gasteiger partial charge in [0.2, 0.25) is 0 Å². The third-order valence-corrected chi connectivity index (χ3v) is 4.53. The van der Waals surface area contributed by atoms with Crippen molar-refractivity contribution in [3.63, 3.8) is 0 Å². The average molecular weight is 276 g/mol. The summed E-state index contributed by atoms with van der Waals surface area (Å²) >= 11 is 5.77. The standard InChI is InChI=1S/C12H18ClNO2S/c1-2-17(15,16)9-3-8-14-10-11-4-6-12(13)7-5-11/h4-7,14H,2-3,8-10H2,1H3. The van der Waals surface area contributed by atoms with Gasteiger partial charge in [-0.25, -0.2) is 8.42 Å².